The van der Waals surface area contributed by atoms with E-state index in [1.807, 2.05) is 19.9 Å². The van der Waals surface area contributed by atoms with Crippen LogP contribution >= 0.6 is 0 Å². The Morgan fingerprint density at radius 1 is 0.833 bits per heavy atom. The molecule has 1 heterocycles. The number of hydrogen-bond acceptors (Lipinski definition) is 4. The first-order valence-corrected chi connectivity index (χ1v) is 8.61. The van der Waals surface area contributed by atoms with Gasteiger partial charge in [-0.3, -0.25) is 14.3 Å². The maximum absolute atomic E-state index is 12.5. The van der Waals surface area contributed by atoms with Gasteiger partial charge < -0.3 is 9.97 Å². The molecule has 124 valence electrons. The van der Waals surface area contributed by atoms with Gasteiger partial charge in [-0.1, -0.05) is 6.07 Å². The molecule has 1 aromatic heterocycles. The second-order valence-corrected chi connectivity index (χ2v) is 7.20. The molecular weight excluding hydrogens is 330 g/mol. The summed E-state index contributed by atoms with van der Waals surface area (Å²) >= 11 is 0. The zero-order chi connectivity index (χ0) is 17.5. The van der Waals surface area contributed by atoms with Gasteiger partial charge in [0.25, 0.3) is 10.0 Å². The first kappa shape index (κ1) is 16.0. The zero-order valence-electron chi connectivity index (χ0n) is 13.0. The summed E-state index contributed by atoms with van der Waals surface area (Å²) in [7, 11) is -3.82. The van der Waals surface area contributed by atoms with Gasteiger partial charge in [0.15, 0.2) is 0 Å². The molecule has 0 bridgehead atoms. The van der Waals surface area contributed by atoms with Crippen molar-refractivity contribution in [3.63, 3.8) is 0 Å². The number of fused-ring (bicyclic) bond motifs is 1. The van der Waals surface area contributed by atoms with Crippen molar-refractivity contribution in [3.8, 4) is 0 Å². The van der Waals surface area contributed by atoms with Gasteiger partial charge in [0.2, 0.25) is 0 Å². The number of aromatic nitrogens is 2. The largest absolute Gasteiger partial charge is 0.316 e. The maximum Gasteiger partial charge on any atom is 0.314 e. The summed E-state index contributed by atoms with van der Waals surface area (Å²) in [4.78, 5) is 27.4. The Balaban J connectivity index is 2.04. The van der Waals surface area contributed by atoms with E-state index >= 15 is 0 Å². The molecule has 0 saturated carbocycles. The fraction of sp³-hybridized carbons (Fsp3) is 0.125. The molecule has 8 heteroatoms. The second-order valence-electron chi connectivity index (χ2n) is 5.52. The molecular formula is C16H15N3O4S. The lowest BCUT2D eigenvalue weighted by Crippen LogP contribution is -2.29. The van der Waals surface area contributed by atoms with Crippen LogP contribution in [0.4, 0.5) is 5.69 Å². The molecule has 0 atom stereocenters. The lowest BCUT2D eigenvalue weighted by molar-refractivity contribution is 0.601. The van der Waals surface area contributed by atoms with Crippen molar-refractivity contribution in [3.05, 3.63) is 68.2 Å². The topological polar surface area (TPSA) is 112 Å². The lowest BCUT2D eigenvalue weighted by Gasteiger charge is -2.10. The Morgan fingerprint density at radius 2 is 1.50 bits per heavy atom. The van der Waals surface area contributed by atoms with Gasteiger partial charge in [-0.25, -0.2) is 8.42 Å². The molecule has 0 aliphatic rings. The van der Waals surface area contributed by atoms with Crippen molar-refractivity contribution in [1.82, 2.24) is 9.97 Å². The normalized spacial score (nSPS) is 11.6. The molecule has 0 fully saturated rings. The Morgan fingerprint density at radius 3 is 2.17 bits per heavy atom. The molecule has 0 unspecified atom stereocenters. The molecule has 24 heavy (non-hydrogen) atoms. The van der Waals surface area contributed by atoms with Crippen molar-refractivity contribution >= 4 is 26.7 Å². The molecule has 7 nitrogen and oxygen atoms in total. The number of hydrogen-bond donors (Lipinski definition) is 3. The molecule has 0 amide bonds. The summed E-state index contributed by atoms with van der Waals surface area (Å²) in [6.07, 6.45) is 0. The van der Waals surface area contributed by atoms with Crippen molar-refractivity contribution in [2.45, 2.75) is 18.7 Å². The van der Waals surface area contributed by atoms with Crippen molar-refractivity contribution in [1.29, 1.82) is 0 Å². The number of anilines is 1. The van der Waals surface area contributed by atoms with Crippen LogP contribution in [-0.4, -0.2) is 18.4 Å². The fourth-order valence-electron chi connectivity index (χ4n) is 2.28. The predicted molar refractivity (Wildman–Crippen MR) is 91.9 cm³/mol. The van der Waals surface area contributed by atoms with Crippen LogP contribution in [0.15, 0.2) is 50.9 Å². The summed E-state index contributed by atoms with van der Waals surface area (Å²) in [5.74, 6) is 0. The molecule has 0 aliphatic heterocycles. The summed E-state index contributed by atoms with van der Waals surface area (Å²) < 4.78 is 27.5. The van der Waals surface area contributed by atoms with E-state index in [2.05, 4.69) is 14.7 Å². The van der Waals surface area contributed by atoms with Crippen molar-refractivity contribution in [2.75, 3.05) is 4.72 Å². The summed E-state index contributed by atoms with van der Waals surface area (Å²) in [6.45, 7) is 3.83. The molecule has 0 spiro atoms. The monoisotopic (exact) mass is 345 g/mol. The summed E-state index contributed by atoms with van der Waals surface area (Å²) in [6, 6.07) is 9.35. The van der Waals surface area contributed by atoms with Gasteiger partial charge in [-0.05, 0) is 55.3 Å². The minimum absolute atomic E-state index is 0.0177. The predicted octanol–water partition coefficient (Wildman–Crippen LogP) is 1.63. The van der Waals surface area contributed by atoms with Gasteiger partial charge in [-0.15, -0.1) is 0 Å². The van der Waals surface area contributed by atoms with Crippen LogP contribution in [0.3, 0.4) is 0 Å². The molecule has 0 aliphatic carbocycles. The third-order valence-electron chi connectivity index (χ3n) is 3.76. The third-order valence-corrected chi connectivity index (χ3v) is 5.14. The van der Waals surface area contributed by atoms with E-state index in [0.717, 1.165) is 11.1 Å². The van der Waals surface area contributed by atoms with Gasteiger partial charge >= 0.3 is 11.1 Å². The fourth-order valence-corrected chi connectivity index (χ4v) is 3.36. The highest BCUT2D eigenvalue weighted by atomic mass is 32.2. The standard InChI is InChI=1S/C16H15N3O4S/c1-9-3-4-11(7-10(9)2)19-24(22,23)12-5-6-13-14(8-12)18-16(21)15(20)17-13/h3-8,19H,1-2H3,(H,17,20)(H,18,21). The van der Waals surface area contributed by atoms with E-state index in [-0.39, 0.29) is 10.4 Å². The van der Waals surface area contributed by atoms with Gasteiger partial charge in [0.1, 0.15) is 0 Å². The average molecular weight is 345 g/mol. The highest BCUT2D eigenvalue weighted by Gasteiger charge is 2.15. The highest BCUT2D eigenvalue weighted by molar-refractivity contribution is 7.92. The first-order chi connectivity index (χ1) is 11.3. The SMILES string of the molecule is Cc1ccc(NS(=O)(=O)c2ccc3[nH]c(=O)c(=O)[nH]c3c2)cc1C. The Kier molecular flexibility index (Phi) is 3.76. The summed E-state index contributed by atoms with van der Waals surface area (Å²) in [5.41, 5.74) is 1.45. The third kappa shape index (κ3) is 2.95. The number of aryl methyl sites for hydroxylation is 2. The van der Waals surface area contributed by atoms with Crippen LogP contribution in [-0.2, 0) is 10.0 Å². The quantitative estimate of drug-likeness (QED) is 0.626. The molecule has 3 rings (SSSR count). The van der Waals surface area contributed by atoms with Crippen molar-refractivity contribution in [2.24, 2.45) is 0 Å². The molecule has 0 saturated heterocycles. The van der Waals surface area contributed by atoms with Crippen LogP contribution in [0.5, 0.6) is 0 Å². The minimum Gasteiger partial charge on any atom is -0.316 e. The maximum atomic E-state index is 12.5. The molecule has 2 aromatic carbocycles. The number of aromatic amines is 2. The van der Waals surface area contributed by atoms with Crippen LogP contribution in [0.1, 0.15) is 11.1 Å². The number of H-pyrrole nitrogens is 2. The molecule has 0 radical (unpaired) electrons. The molecule has 3 N–H and O–H groups in total. The van der Waals surface area contributed by atoms with E-state index in [9.17, 15) is 18.0 Å². The lowest BCUT2D eigenvalue weighted by atomic mass is 10.1. The van der Waals surface area contributed by atoms with Gasteiger partial charge in [0, 0.05) is 5.69 Å². The zero-order valence-corrected chi connectivity index (χ0v) is 13.8. The number of rotatable bonds is 3. The van der Waals surface area contributed by atoms with E-state index in [1.54, 1.807) is 12.1 Å². The minimum atomic E-state index is -3.82. The van der Waals surface area contributed by atoms with E-state index in [4.69, 9.17) is 0 Å². The summed E-state index contributed by atoms with van der Waals surface area (Å²) in [5, 5.41) is 0. The Labute approximate surface area is 137 Å². The second kappa shape index (κ2) is 5.64. The average Bonchev–Trinajstić information content (AvgIpc) is 2.51. The Hall–Kier alpha value is -2.87. The van der Waals surface area contributed by atoms with Crippen LogP contribution in [0.25, 0.3) is 11.0 Å². The van der Waals surface area contributed by atoms with Crippen LogP contribution < -0.4 is 15.8 Å². The number of nitrogens with one attached hydrogen (secondary N) is 3. The highest BCUT2D eigenvalue weighted by Crippen LogP contribution is 2.20. The van der Waals surface area contributed by atoms with Crippen LogP contribution in [0.2, 0.25) is 0 Å². The smallest absolute Gasteiger partial charge is 0.314 e. The van der Waals surface area contributed by atoms with E-state index in [0.29, 0.717) is 11.2 Å². The van der Waals surface area contributed by atoms with Crippen LogP contribution in [0, 0.1) is 13.8 Å². The Bertz CT molecular complexity index is 1160. The first-order valence-electron chi connectivity index (χ1n) is 7.13. The molecule has 3 aromatic rings. The number of sulfonamides is 1. The van der Waals surface area contributed by atoms with E-state index in [1.165, 1.54) is 18.2 Å². The van der Waals surface area contributed by atoms with E-state index < -0.39 is 21.1 Å². The van der Waals surface area contributed by atoms with Crippen molar-refractivity contribution < 1.29 is 8.42 Å². The number of benzene rings is 2. The van der Waals surface area contributed by atoms with Gasteiger partial charge in [-0.2, -0.15) is 0 Å². The van der Waals surface area contributed by atoms with Gasteiger partial charge in [0.05, 0.1) is 15.9 Å².